The first-order chi connectivity index (χ1) is 9.54. The van der Waals surface area contributed by atoms with E-state index in [2.05, 4.69) is 5.32 Å². The number of rotatable bonds is 4. The molecule has 0 aromatic heterocycles. The number of hydrogen-bond donors (Lipinski definition) is 1. The highest BCUT2D eigenvalue weighted by Gasteiger charge is 2.06. The Morgan fingerprint density at radius 1 is 1.20 bits per heavy atom. The summed E-state index contributed by atoms with van der Waals surface area (Å²) in [5, 5.41) is 3.74. The van der Waals surface area contributed by atoms with Gasteiger partial charge < -0.3 is 10.1 Å². The highest BCUT2D eigenvalue weighted by molar-refractivity contribution is 6.32. The smallest absolute Gasteiger partial charge is 0.262 e. The zero-order valence-electron chi connectivity index (χ0n) is 10.8. The molecule has 0 heterocycles. The maximum atomic E-state index is 11.8. The fourth-order valence-electron chi connectivity index (χ4n) is 1.63. The van der Waals surface area contributed by atoms with E-state index in [1.54, 1.807) is 36.4 Å². The number of hydrogen-bond acceptors (Lipinski definition) is 2. The van der Waals surface area contributed by atoms with Crippen molar-refractivity contribution in [1.82, 2.24) is 0 Å². The first kappa shape index (κ1) is 14.7. The summed E-state index contributed by atoms with van der Waals surface area (Å²) in [5.41, 5.74) is 1.66. The van der Waals surface area contributed by atoms with Crippen LogP contribution in [0.3, 0.4) is 0 Å². The Morgan fingerprint density at radius 2 is 2.00 bits per heavy atom. The Balaban J connectivity index is 1.92. The van der Waals surface area contributed by atoms with Crippen molar-refractivity contribution in [2.24, 2.45) is 0 Å². The predicted molar refractivity (Wildman–Crippen MR) is 81.8 cm³/mol. The number of ether oxygens (including phenoxy) is 1. The maximum absolute atomic E-state index is 11.8. The summed E-state index contributed by atoms with van der Waals surface area (Å²) in [5.74, 6) is 0.211. The molecule has 0 saturated carbocycles. The molecule has 1 amide bonds. The molecule has 5 heteroatoms. The highest BCUT2D eigenvalue weighted by Crippen LogP contribution is 2.25. The normalized spacial score (nSPS) is 10.2. The summed E-state index contributed by atoms with van der Waals surface area (Å²) in [6, 6.07) is 12.3. The van der Waals surface area contributed by atoms with E-state index in [4.69, 9.17) is 27.9 Å². The second kappa shape index (κ2) is 6.64. The van der Waals surface area contributed by atoms with Crippen LogP contribution in [0.15, 0.2) is 42.5 Å². The molecule has 2 aromatic carbocycles. The first-order valence-electron chi connectivity index (χ1n) is 5.99. The van der Waals surface area contributed by atoms with Crippen LogP contribution in [-0.4, -0.2) is 12.5 Å². The number of anilines is 1. The number of nitrogens with one attached hydrogen (secondary N) is 1. The standard InChI is InChI=1S/C15H13Cl2NO2/c1-10-5-6-14(13(17)7-10)20-9-15(19)18-12-4-2-3-11(16)8-12/h2-8H,9H2,1H3,(H,18,19). The minimum Gasteiger partial charge on any atom is -0.482 e. The van der Waals surface area contributed by atoms with Crippen molar-refractivity contribution in [2.75, 3.05) is 11.9 Å². The van der Waals surface area contributed by atoms with Gasteiger partial charge in [0.15, 0.2) is 6.61 Å². The molecular formula is C15H13Cl2NO2. The van der Waals surface area contributed by atoms with Gasteiger partial charge in [0.1, 0.15) is 5.75 Å². The van der Waals surface area contributed by atoms with Crippen LogP contribution >= 0.6 is 23.2 Å². The van der Waals surface area contributed by atoms with E-state index in [9.17, 15) is 4.79 Å². The molecule has 2 rings (SSSR count). The van der Waals surface area contributed by atoms with Crippen LogP contribution in [0.5, 0.6) is 5.75 Å². The second-order valence-electron chi connectivity index (χ2n) is 4.28. The number of benzene rings is 2. The topological polar surface area (TPSA) is 38.3 Å². The Hall–Kier alpha value is -1.71. The molecule has 104 valence electrons. The lowest BCUT2D eigenvalue weighted by atomic mass is 10.2. The Labute approximate surface area is 127 Å². The molecule has 0 fully saturated rings. The van der Waals surface area contributed by atoms with E-state index in [1.165, 1.54) is 0 Å². The lowest BCUT2D eigenvalue weighted by molar-refractivity contribution is -0.118. The fourth-order valence-corrected chi connectivity index (χ4v) is 2.11. The van der Waals surface area contributed by atoms with Gasteiger partial charge in [0.05, 0.1) is 5.02 Å². The van der Waals surface area contributed by atoms with Gasteiger partial charge in [-0.05, 0) is 42.8 Å². The number of aryl methyl sites for hydroxylation is 1. The van der Waals surface area contributed by atoms with E-state index >= 15 is 0 Å². The van der Waals surface area contributed by atoms with E-state index in [0.29, 0.717) is 21.5 Å². The summed E-state index contributed by atoms with van der Waals surface area (Å²) in [7, 11) is 0. The molecule has 2 aromatic rings. The molecule has 3 nitrogen and oxygen atoms in total. The molecule has 0 aliphatic rings. The van der Waals surface area contributed by atoms with Crippen LogP contribution in [0.1, 0.15) is 5.56 Å². The van der Waals surface area contributed by atoms with Crippen molar-refractivity contribution in [3.05, 3.63) is 58.1 Å². The fraction of sp³-hybridized carbons (Fsp3) is 0.133. The Morgan fingerprint density at radius 3 is 2.70 bits per heavy atom. The zero-order chi connectivity index (χ0) is 14.5. The molecule has 0 unspecified atom stereocenters. The van der Waals surface area contributed by atoms with E-state index in [-0.39, 0.29) is 12.5 Å². The summed E-state index contributed by atoms with van der Waals surface area (Å²) in [6.45, 7) is 1.82. The van der Waals surface area contributed by atoms with Gasteiger partial charge >= 0.3 is 0 Å². The average Bonchev–Trinajstić information content (AvgIpc) is 2.37. The molecule has 0 aliphatic carbocycles. The van der Waals surface area contributed by atoms with Crippen molar-refractivity contribution in [2.45, 2.75) is 6.92 Å². The monoisotopic (exact) mass is 309 g/mol. The van der Waals surface area contributed by atoms with Crippen molar-refractivity contribution in [1.29, 1.82) is 0 Å². The van der Waals surface area contributed by atoms with Gasteiger partial charge in [-0.15, -0.1) is 0 Å². The van der Waals surface area contributed by atoms with Crippen LogP contribution in [0.2, 0.25) is 10.0 Å². The van der Waals surface area contributed by atoms with Gasteiger partial charge in [0.25, 0.3) is 5.91 Å². The van der Waals surface area contributed by atoms with E-state index in [0.717, 1.165) is 5.56 Å². The molecule has 1 N–H and O–H groups in total. The van der Waals surface area contributed by atoms with Crippen molar-refractivity contribution in [3.63, 3.8) is 0 Å². The molecule has 0 atom stereocenters. The largest absolute Gasteiger partial charge is 0.482 e. The van der Waals surface area contributed by atoms with Gasteiger partial charge in [0, 0.05) is 10.7 Å². The quantitative estimate of drug-likeness (QED) is 0.913. The maximum Gasteiger partial charge on any atom is 0.262 e. The number of carbonyl (C=O) groups is 1. The lowest BCUT2D eigenvalue weighted by Crippen LogP contribution is -2.20. The molecule has 0 spiro atoms. The number of amides is 1. The summed E-state index contributed by atoms with van der Waals surface area (Å²) < 4.78 is 5.38. The molecule has 0 saturated heterocycles. The van der Waals surface area contributed by atoms with E-state index < -0.39 is 0 Å². The van der Waals surface area contributed by atoms with Gasteiger partial charge in [-0.25, -0.2) is 0 Å². The molecule has 0 radical (unpaired) electrons. The molecular weight excluding hydrogens is 297 g/mol. The SMILES string of the molecule is Cc1ccc(OCC(=O)Nc2cccc(Cl)c2)c(Cl)c1. The minimum atomic E-state index is -0.274. The third-order valence-corrected chi connectivity index (χ3v) is 3.08. The second-order valence-corrected chi connectivity index (χ2v) is 5.12. The zero-order valence-corrected chi connectivity index (χ0v) is 12.3. The van der Waals surface area contributed by atoms with Gasteiger partial charge in [0.2, 0.25) is 0 Å². The van der Waals surface area contributed by atoms with Crippen LogP contribution in [-0.2, 0) is 4.79 Å². The third-order valence-electron chi connectivity index (χ3n) is 2.55. The molecule has 0 bridgehead atoms. The average molecular weight is 310 g/mol. The third kappa shape index (κ3) is 4.15. The van der Waals surface area contributed by atoms with Gasteiger partial charge in [-0.3, -0.25) is 4.79 Å². The van der Waals surface area contributed by atoms with Crippen LogP contribution < -0.4 is 10.1 Å². The Kier molecular flexibility index (Phi) is 4.88. The summed E-state index contributed by atoms with van der Waals surface area (Å²) in [6.07, 6.45) is 0. The predicted octanol–water partition coefficient (Wildman–Crippen LogP) is 4.32. The van der Waals surface area contributed by atoms with Gasteiger partial charge in [-0.2, -0.15) is 0 Å². The number of halogens is 2. The minimum absolute atomic E-state index is 0.116. The summed E-state index contributed by atoms with van der Waals surface area (Å²) >= 11 is 11.9. The summed E-state index contributed by atoms with van der Waals surface area (Å²) in [4.78, 5) is 11.8. The van der Waals surface area contributed by atoms with Crippen molar-refractivity contribution < 1.29 is 9.53 Å². The highest BCUT2D eigenvalue weighted by atomic mass is 35.5. The first-order valence-corrected chi connectivity index (χ1v) is 6.74. The Bertz CT molecular complexity index is 629. The van der Waals surface area contributed by atoms with Crippen LogP contribution in [0.4, 0.5) is 5.69 Å². The van der Waals surface area contributed by atoms with Crippen LogP contribution in [0, 0.1) is 6.92 Å². The van der Waals surface area contributed by atoms with Crippen molar-refractivity contribution in [3.8, 4) is 5.75 Å². The molecule has 0 aliphatic heterocycles. The molecule has 20 heavy (non-hydrogen) atoms. The van der Waals surface area contributed by atoms with Crippen LogP contribution in [0.25, 0.3) is 0 Å². The lowest BCUT2D eigenvalue weighted by Gasteiger charge is -2.09. The number of carbonyl (C=O) groups excluding carboxylic acids is 1. The van der Waals surface area contributed by atoms with Crippen molar-refractivity contribution >= 4 is 34.8 Å². The van der Waals surface area contributed by atoms with Gasteiger partial charge in [-0.1, -0.05) is 35.3 Å². The van der Waals surface area contributed by atoms with E-state index in [1.807, 2.05) is 13.0 Å².